The normalized spacial score (nSPS) is 9.95. The largest absolute Gasteiger partial charge is 0.454 e. The van der Waals surface area contributed by atoms with Crippen LogP contribution in [-0.2, 0) is 4.74 Å². The molecule has 96 valence electrons. The highest BCUT2D eigenvalue weighted by atomic mass is 35.5. The molecule has 0 aliphatic rings. The molecule has 0 fully saturated rings. The standard InChI is InChI=1S/C13H9ClN2O3/c14-12-10(2-1-5-16-12)13(18)19-8-11(17)9-3-6-15-7-4-9/h1-7H,8H2. The summed E-state index contributed by atoms with van der Waals surface area (Å²) in [5.74, 6) is -0.990. The van der Waals surface area contributed by atoms with Crippen LogP contribution in [-0.4, -0.2) is 28.3 Å². The molecule has 0 atom stereocenters. The molecule has 0 unspecified atom stereocenters. The molecule has 2 aromatic heterocycles. The zero-order valence-corrected chi connectivity index (χ0v) is 10.5. The minimum atomic E-state index is -0.680. The van der Waals surface area contributed by atoms with Gasteiger partial charge in [-0.15, -0.1) is 0 Å². The van der Waals surface area contributed by atoms with Crippen LogP contribution in [0.5, 0.6) is 0 Å². The van der Waals surface area contributed by atoms with E-state index in [0.29, 0.717) is 5.56 Å². The molecule has 2 heterocycles. The van der Waals surface area contributed by atoms with Gasteiger partial charge in [0.1, 0.15) is 5.15 Å². The van der Waals surface area contributed by atoms with Crippen molar-refractivity contribution < 1.29 is 14.3 Å². The molecule has 0 amide bonds. The summed E-state index contributed by atoms with van der Waals surface area (Å²) in [5.41, 5.74) is 0.562. The van der Waals surface area contributed by atoms with Crippen LogP contribution in [0.25, 0.3) is 0 Å². The van der Waals surface area contributed by atoms with Gasteiger partial charge in [0.25, 0.3) is 0 Å². The zero-order chi connectivity index (χ0) is 13.7. The Hall–Kier alpha value is -2.27. The smallest absolute Gasteiger partial charge is 0.341 e. The van der Waals surface area contributed by atoms with Gasteiger partial charge in [0, 0.05) is 24.2 Å². The van der Waals surface area contributed by atoms with Crippen LogP contribution in [0.3, 0.4) is 0 Å². The van der Waals surface area contributed by atoms with Crippen molar-refractivity contribution in [1.29, 1.82) is 0 Å². The number of ketones is 1. The van der Waals surface area contributed by atoms with Crippen LogP contribution in [0.4, 0.5) is 0 Å². The van der Waals surface area contributed by atoms with E-state index in [0.717, 1.165) is 0 Å². The van der Waals surface area contributed by atoms with Gasteiger partial charge in [-0.3, -0.25) is 9.78 Å². The molecule has 5 nitrogen and oxygen atoms in total. The van der Waals surface area contributed by atoms with Crippen molar-refractivity contribution >= 4 is 23.4 Å². The van der Waals surface area contributed by atoms with E-state index in [1.807, 2.05) is 0 Å². The zero-order valence-electron chi connectivity index (χ0n) is 9.75. The summed E-state index contributed by atoms with van der Waals surface area (Å²) in [6.07, 6.45) is 4.45. The third-order valence-corrected chi connectivity index (χ3v) is 2.62. The number of rotatable bonds is 4. The summed E-state index contributed by atoms with van der Waals surface area (Å²) in [4.78, 5) is 31.0. The number of halogens is 1. The number of carbonyl (C=O) groups is 2. The molecule has 0 N–H and O–H groups in total. The number of Topliss-reactive ketones (excluding diaryl/α,β-unsaturated/α-hetero) is 1. The molecule has 0 bridgehead atoms. The number of hydrogen-bond donors (Lipinski definition) is 0. The summed E-state index contributed by atoms with van der Waals surface area (Å²) in [6, 6.07) is 6.14. The number of carbonyl (C=O) groups excluding carboxylic acids is 2. The van der Waals surface area contributed by atoms with Gasteiger partial charge in [0.2, 0.25) is 0 Å². The fraction of sp³-hybridized carbons (Fsp3) is 0.0769. The Balaban J connectivity index is 1.98. The number of ether oxygens (including phenoxy) is 1. The molecular weight excluding hydrogens is 268 g/mol. The summed E-state index contributed by atoms with van der Waals surface area (Å²) >= 11 is 5.75. The van der Waals surface area contributed by atoms with Gasteiger partial charge in [-0.05, 0) is 24.3 Å². The molecule has 0 radical (unpaired) electrons. The van der Waals surface area contributed by atoms with E-state index >= 15 is 0 Å². The molecular formula is C13H9ClN2O3. The van der Waals surface area contributed by atoms with Crippen molar-refractivity contribution in [2.45, 2.75) is 0 Å². The lowest BCUT2D eigenvalue weighted by atomic mass is 10.2. The lowest BCUT2D eigenvalue weighted by molar-refractivity contribution is 0.0474. The molecule has 2 rings (SSSR count). The maximum atomic E-state index is 11.7. The van der Waals surface area contributed by atoms with Gasteiger partial charge < -0.3 is 4.74 Å². The number of aromatic nitrogens is 2. The number of esters is 1. The highest BCUT2D eigenvalue weighted by Crippen LogP contribution is 2.12. The highest BCUT2D eigenvalue weighted by molar-refractivity contribution is 6.32. The summed E-state index contributed by atoms with van der Waals surface area (Å²) < 4.78 is 4.89. The van der Waals surface area contributed by atoms with Crippen LogP contribution >= 0.6 is 11.6 Å². The molecule has 2 aromatic rings. The molecule has 0 spiro atoms. The summed E-state index contributed by atoms with van der Waals surface area (Å²) in [5, 5.41) is 0.0452. The SMILES string of the molecule is O=C(COC(=O)c1cccnc1Cl)c1ccncc1. The van der Waals surface area contributed by atoms with Crippen LogP contribution in [0.1, 0.15) is 20.7 Å². The average Bonchev–Trinajstić information content (AvgIpc) is 2.46. The fourth-order valence-corrected chi connectivity index (χ4v) is 1.56. The molecule has 19 heavy (non-hydrogen) atoms. The van der Waals surface area contributed by atoms with Gasteiger partial charge in [0.15, 0.2) is 12.4 Å². The van der Waals surface area contributed by atoms with Gasteiger partial charge in [-0.1, -0.05) is 11.6 Å². The maximum Gasteiger partial charge on any atom is 0.341 e. The Morgan fingerprint density at radius 1 is 1.16 bits per heavy atom. The molecule has 0 aromatic carbocycles. The third-order valence-electron chi connectivity index (χ3n) is 2.32. The van der Waals surface area contributed by atoms with Crippen molar-refractivity contribution in [3.8, 4) is 0 Å². The first-order chi connectivity index (χ1) is 9.18. The van der Waals surface area contributed by atoms with E-state index < -0.39 is 5.97 Å². The number of hydrogen-bond acceptors (Lipinski definition) is 5. The molecule has 6 heteroatoms. The molecule has 0 saturated carbocycles. The van der Waals surface area contributed by atoms with E-state index in [1.165, 1.54) is 24.7 Å². The van der Waals surface area contributed by atoms with E-state index in [1.54, 1.807) is 18.2 Å². The summed E-state index contributed by atoms with van der Waals surface area (Å²) in [6.45, 7) is -0.353. The van der Waals surface area contributed by atoms with Gasteiger partial charge >= 0.3 is 5.97 Å². The first-order valence-electron chi connectivity index (χ1n) is 5.39. The molecule has 0 aliphatic heterocycles. The van der Waals surface area contributed by atoms with Crippen molar-refractivity contribution in [3.63, 3.8) is 0 Å². The quantitative estimate of drug-likeness (QED) is 0.486. The van der Waals surface area contributed by atoms with Crippen LogP contribution < -0.4 is 0 Å². The average molecular weight is 277 g/mol. The monoisotopic (exact) mass is 276 g/mol. The van der Waals surface area contributed by atoms with E-state index in [2.05, 4.69) is 9.97 Å². The van der Waals surface area contributed by atoms with Gasteiger partial charge in [-0.2, -0.15) is 0 Å². The Morgan fingerprint density at radius 2 is 1.89 bits per heavy atom. The minimum absolute atomic E-state index is 0.0452. The predicted octanol–water partition coefficient (Wildman–Crippen LogP) is 2.17. The molecule has 0 saturated heterocycles. The predicted molar refractivity (Wildman–Crippen MR) is 68.1 cm³/mol. The van der Waals surface area contributed by atoms with Crippen LogP contribution in [0.2, 0.25) is 5.15 Å². The van der Waals surface area contributed by atoms with E-state index in [-0.39, 0.29) is 23.1 Å². The van der Waals surface area contributed by atoms with Crippen molar-refractivity contribution in [2.75, 3.05) is 6.61 Å². The highest BCUT2D eigenvalue weighted by Gasteiger charge is 2.14. The Bertz CT molecular complexity index is 602. The Labute approximate surface area is 114 Å². The van der Waals surface area contributed by atoms with Crippen LogP contribution in [0, 0.1) is 0 Å². The van der Waals surface area contributed by atoms with Crippen molar-refractivity contribution in [2.24, 2.45) is 0 Å². The molecule has 0 aliphatic carbocycles. The first kappa shape index (κ1) is 13.2. The topological polar surface area (TPSA) is 69.2 Å². The lowest BCUT2D eigenvalue weighted by Crippen LogP contribution is -2.14. The lowest BCUT2D eigenvalue weighted by Gasteiger charge is -2.04. The van der Waals surface area contributed by atoms with E-state index in [9.17, 15) is 9.59 Å². The van der Waals surface area contributed by atoms with E-state index in [4.69, 9.17) is 16.3 Å². The Kier molecular flexibility index (Phi) is 4.20. The second kappa shape index (κ2) is 6.06. The number of pyridine rings is 2. The summed E-state index contributed by atoms with van der Waals surface area (Å²) in [7, 11) is 0. The van der Waals surface area contributed by atoms with Crippen molar-refractivity contribution in [3.05, 3.63) is 59.1 Å². The second-order valence-electron chi connectivity index (χ2n) is 3.58. The third kappa shape index (κ3) is 3.35. The maximum absolute atomic E-state index is 11.7. The second-order valence-corrected chi connectivity index (χ2v) is 3.93. The first-order valence-corrected chi connectivity index (χ1v) is 5.77. The van der Waals surface area contributed by atoms with Crippen molar-refractivity contribution in [1.82, 2.24) is 9.97 Å². The number of nitrogens with zero attached hydrogens (tertiary/aromatic N) is 2. The van der Waals surface area contributed by atoms with Gasteiger partial charge in [-0.25, -0.2) is 9.78 Å². The Morgan fingerprint density at radius 3 is 2.58 bits per heavy atom. The minimum Gasteiger partial charge on any atom is -0.454 e. The van der Waals surface area contributed by atoms with Crippen LogP contribution in [0.15, 0.2) is 42.9 Å². The fourth-order valence-electron chi connectivity index (χ4n) is 1.37. The van der Waals surface area contributed by atoms with Gasteiger partial charge in [0.05, 0.1) is 5.56 Å².